The second-order valence-corrected chi connectivity index (χ2v) is 8.36. The summed E-state index contributed by atoms with van der Waals surface area (Å²) in [6, 6.07) is 12.6. The summed E-state index contributed by atoms with van der Waals surface area (Å²) >= 11 is 3.48. The standard InChI is InChI=1S/C22H32BrN3O/c1-4-5-12-26(22(27)15-24-14-18(2)3)17-21-7-6-13-25(21)16-19-8-10-20(23)11-9-19/h6-11,13,18,24H,4-5,12,14-17H2,1-3H3. The van der Waals surface area contributed by atoms with Gasteiger partial charge in [0.1, 0.15) is 0 Å². The Kier molecular flexibility index (Phi) is 9.08. The molecule has 1 heterocycles. The maximum atomic E-state index is 12.7. The average molecular weight is 434 g/mol. The normalized spacial score (nSPS) is 11.1. The number of unbranched alkanes of at least 4 members (excludes halogenated alkanes) is 1. The lowest BCUT2D eigenvalue weighted by atomic mass is 10.2. The Morgan fingerprint density at radius 1 is 1.22 bits per heavy atom. The fourth-order valence-corrected chi connectivity index (χ4v) is 3.21. The van der Waals surface area contributed by atoms with Crippen molar-refractivity contribution in [2.75, 3.05) is 19.6 Å². The summed E-state index contributed by atoms with van der Waals surface area (Å²) in [5.74, 6) is 0.727. The first-order valence-corrected chi connectivity index (χ1v) is 10.7. The van der Waals surface area contributed by atoms with E-state index in [1.807, 2.05) is 4.90 Å². The minimum absolute atomic E-state index is 0.181. The van der Waals surface area contributed by atoms with E-state index in [2.05, 4.69) is 89.2 Å². The van der Waals surface area contributed by atoms with Crippen molar-refractivity contribution in [2.24, 2.45) is 5.92 Å². The van der Waals surface area contributed by atoms with Crippen molar-refractivity contribution >= 4 is 21.8 Å². The summed E-state index contributed by atoms with van der Waals surface area (Å²) < 4.78 is 3.32. The van der Waals surface area contributed by atoms with Crippen LogP contribution in [0.4, 0.5) is 0 Å². The monoisotopic (exact) mass is 433 g/mol. The lowest BCUT2D eigenvalue weighted by Gasteiger charge is -2.24. The van der Waals surface area contributed by atoms with Crippen LogP contribution < -0.4 is 5.32 Å². The van der Waals surface area contributed by atoms with E-state index < -0.39 is 0 Å². The number of amides is 1. The van der Waals surface area contributed by atoms with Gasteiger partial charge in [-0.25, -0.2) is 0 Å². The minimum atomic E-state index is 0.181. The third-order valence-corrected chi connectivity index (χ3v) is 5.03. The van der Waals surface area contributed by atoms with Gasteiger partial charge in [0.15, 0.2) is 0 Å². The quantitative estimate of drug-likeness (QED) is 0.558. The first-order chi connectivity index (χ1) is 13.0. The minimum Gasteiger partial charge on any atom is -0.345 e. The molecule has 0 unspecified atom stereocenters. The fraction of sp³-hybridized carbons (Fsp3) is 0.500. The van der Waals surface area contributed by atoms with Crippen LogP contribution in [0.2, 0.25) is 0 Å². The SMILES string of the molecule is CCCCN(Cc1cccn1Cc1ccc(Br)cc1)C(=O)CNCC(C)C. The number of aromatic nitrogens is 1. The van der Waals surface area contributed by atoms with Crippen molar-refractivity contribution in [1.82, 2.24) is 14.8 Å². The smallest absolute Gasteiger partial charge is 0.236 e. The van der Waals surface area contributed by atoms with Crippen LogP contribution in [-0.2, 0) is 17.9 Å². The van der Waals surface area contributed by atoms with Gasteiger partial charge in [-0.15, -0.1) is 0 Å². The fourth-order valence-electron chi connectivity index (χ4n) is 2.95. The molecule has 1 aromatic carbocycles. The molecule has 0 aliphatic rings. The Balaban J connectivity index is 2.02. The summed E-state index contributed by atoms with van der Waals surface area (Å²) in [6.45, 7) is 10.0. The highest BCUT2D eigenvalue weighted by atomic mass is 79.9. The Morgan fingerprint density at radius 2 is 1.96 bits per heavy atom. The molecule has 1 N–H and O–H groups in total. The van der Waals surface area contributed by atoms with Gasteiger partial charge in [-0.3, -0.25) is 4.79 Å². The molecule has 0 saturated heterocycles. The number of nitrogens with one attached hydrogen (secondary N) is 1. The van der Waals surface area contributed by atoms with E-state index in [-0.39, 0.29) is 5.91 Å². The first kappa shape index (κ1) is 21.7. The number of halogens is 1. The summed E-state index contributed by atoms with van der Waals surface area (Å²) in [6.07, 6.45) is 4.21. The maximum absolute atomic E-state index is 12.7. The lowest BCUT2D eigenvalue weighted by Crippen LogP contribution is -2.39. The van der Waals surface area contributed by atoms with Crippen molar-refractivity contribution in [1.29, 1.82) is 0 Å². The predicted octanol–water partition coefficient (Wildman–Crippen LogP) is 4.67. The van der Waals surface area contributed by atoms with Crippen LogP contribution in [-0.4, -0.2) is 35.0 Å². The third kappa shape index (κ3) is 7.51. The van der Waals surface area contributed by atoms with Crippen LogP contribution in [0, 0.1) is 5.92 Å². The zero-order valence-corrected chi connectivity index (χ0v) is 18.3. The lowest BCUT2D eigenvalue weighted by molar-refractivity contribution is -0.131. The topological polar surface area (TPSA) is 37.3 Å². The Labute approximate surface area is 172 Å². The molecule has 0 spiro atoms. The van der Waals surface area contributed by atoms with E-state index in [0.717, 1.165) is 36.9 Å². The van der Waals surface area contributed by atoms with Crippen molar-refractivity contribution in [3.63, 3.8) is 0 Å². The molecule has 1 amide bonds. The van der Waals surface area contributed by atoms with Crippen molar-refractivity contribution in [2.45, 2.75) is 46.7 Å². The molecule has 2 aromatic rings. The van der Waals surface area contributed by atoms with Crippen LogP contribution in [0.1, 0.15) is 44.9 Å². The van der Waals surface area contributed by atoms with E-state index in [4.69, 9.17) is 0 Å². The largest absolute Gasteiger partial charge is 0.345 e. The van der Waals surface area contributed by atoms with Crippen LogP contribution in [0.15, 0.2) is 47.1 Å². The van der Waals surface area contributed by atoms with E-state index in [1.165, 1.54) is 11.3 Å². The molecular formula is C22H32BrN3O. The van der Waals surface area contributed by atoms with E-state index in [9.17, 15) is 4.79 Å². The van der Waals surface area contributed by atoms with E-state index in [0.29, 0.717) is 19.0 Å². The molecule has 2 rings (SSSR count). The molecule has 0 fully saturated rings. The third-order valence-electron chi connectivity index (χ3n) is 4.51. The summed E-state index contributed by atoms with van der Waals surface area (Å²) in [5, 5.41) is 3.28. The second-order valence-electron chi connectivity index (χ2n) is 7.45. The first-order valence-electron chi connectivity index (χ1n) is 9.86. The number of benzene rings is 1. The van der Waals surface area contributed by atoms with Gasteiger partial charge in [0.2, 0.25) is 5.91 Å². The number of hydrogen-bond acceptors (Lipinski definition) is 2. The van der Waals surface area contributed by atoms with Gasteiger partial charge in [0.05, 0.1) is 13.1 Å². The van der Waals surface area contributed by atoms with Crippen molar-refractivity contribution in [3.05, 3.63) is 58.3 Å². The van der Waals surface area contributed by atoms with E-state index in [1.54, 1.807) is 0 Å². The Hall–Kier alpha value is -1.59. The number of hydrogen-bond donors (Lipinski definition) is 1. The zero-order chi connectivity index (χ0) is 19.6. The van der Waals surface area contributed by atoms with Crippen molar-refractivity contribution < 1.29 is 4.79 Å². The molecule has 0 atom stereocenters. The van der Waals surface area contributed by atoms with Gasteiger partial charge in [0.25, 0.3) is 0 Å². The van der Waals surface area contributed by atoms with Crippen LogP contribution in [0.3, 0.4) is 0 Å². The highest BCUT2D eigenvalue weighted by Gasteiger charge is 2.15. The molecule has 27 heavy (non-hydrogen) atoms. The molecule has 1 aromatic heterocycles. The van der Waals surface area contributed by atoms with Gasteiger partial charge < -0.3 is 14.8 Å². The van der Waals surface area contributed by atoms with Crippen LogP contribution in [0.5, 0.6) is 0 Å². The van der Waals surface area contributed by atoms with Crippen LogP contribution in [0.25, 0.3) is 0 Å². The maximum Gasteiger partial charge on any atom is 0.236 e. The number of carbonyl (C=O) groups excluding carboxylic acids is 1. The molecule has 0 aliphatic heterocycles. The zero-order valence-electron chi connectivity index (χ0n) is 16.7. The molecular weight excluding hydrogens is 402 g/mol. The van der Waals surface area contributed by atoms with Gasteiger partial charge in [0, 0.05) is 29.5 Å². The molecule has 148 valence electrons. The highest BCUT2D eigenvalue weighted by Crippen LogP contribution is 2.14. The summed E-state index contributed by atoms with van der Waals surface area (Å²) in [4.78, 5) is 14.7. The molecule has 0 saturated carbocycles. The molecule has 4 nitrogen and oxygen atoms in total. The van der Waals surface area contributed by atoms with Gasteiger partial charge in [-0.05, 0) is 48.7 Å². The number of rotatable bonds is 11. The Bertz CT molecular complexity index is 694. The summed E-state index contributed by atoms with van der Waals surface area (Å²) in [7, 11) is 0. The number of nitrogens with zero attached hydrogens (tertiary/aromatic N) is 2. The molecule has 0 bridgehead atoms. The molecule has 5 heteroatoms. The Morgan fingerprint density at radius 3 is 2.63 bits per heavy atom. The highest BCUT2D eigenvalue weighted by molar-refractivity contribution is 9.10. The average Bonchev–Trinajstić information content (AvgIpc) is 3.06. The summed E-state index contributed by atoms with van der Waals surface area (Å²) in [5.41, 5.74) is 2.42. The predicted molar refractivity (Wildman–Crippen MR) is 116 cm³/mol. The van der Waals surface area contributed by atoms with Crippen LogP contribution >= 0.6 is 15.9 Å². The second kappa shape index (κ2) is 11.3. The molecule has 0 aliphatic carbocycles. The van der Waals surface area contributed by atoms with E-state index >= 15 is 0 Å². The van der Waals surface area contributed by atoms with Gasteiger partial charge in [-0.1, -0.05) is 55.3 Å². The van der Waals surface area contributed by atoms with Crippen molar-refractivity contribution in [3.8, 4) is 0 Å². The number of carbonyl (C=O) groups is 1. The van der Waals surface area contributed by atoms with Gasteiger partial charge in [-0.2, -0.15) is 0 Å². The van der Waals surface area contributed by atoms with Gasteiger partial charge >= 0.3 is 0 Å². The molecule has 0 radical (unpaired) electrons.